The summed E-state index contributed by atoms with van der Waals surface area (Å²) < 4.78 is 6.13. The Labute approximate surface area is 176 Å². The Morgan fingerprint density at radius 3 is 2.33 bits per heavy atom. The number of hydrogen-bond donors (Lipinski definition) is 2. The summed E-state index contributed by atoms with van der Waals surface area (Å²) in [6.45, 7) is -0.501. The van der Waals surface area contributed by atoms with Gasteiger partial charge in [0.25, 0.3) is 5.91 Å². The van der Waals surface area contributed by atoms with E-state index in [1.165, 1.54) is 6.08 Å². The lowest BCUT2D eigenvalue weighted by atomic mass is 10.1. The maximum absolute atomic E-state index is 12.3. The molecule has 2 aromatic rings. The molecule has 0 fully saturated rings. The van der Waals surface area contributed by atoms with Crippen LogP contribution >= 0.6 is 43.5 Å². The maximum atomic E-state index is 12.3. The number of halogens is 3. The zero-order chi connectivity index (χ0) is 20.0. The Balaban J connectivity index is 2.23. The van der Waals surface area contributed by atoms with E-state index < -0.39 is 18.5 Å². The summed E-state index contributed by atoms with van der Waals surface area (Å²) in [5, 5.41) is 21.2. The molecule has 1 amide bonds. The predicted molar refractivity (Wildman–Crippen MR) is 109 cm³/mol. The van der Waals surface area contributed by atoms with Crippen LogP contribution in [0, 0.1) is 11.3 Å². The number of nitrogens with zero attached hydrogens (tertiary/aromatic N) is 1. The van der Waals surface area contributed by atoms with Crippen LogP contribution in [0.3, 0.4) is 0 Å². The van der Waals surface area contributed by atoms with Crippen LogP contribution in [0.25, 0.3) is 6.08 Å². The zero-order valence-electron chi connectivity index (χ0n) is 13.5. The van der Waals surface area contributed by atoms with Gasteiger partial charge >= 0.3 is 5.97 Å². The first-order valence-electron chi connectivity index (χ1n) is 7.32. The van der Waals surface area contributed by atoms with E-state index in [1.807, 2.05) is 6.07 Å². The average Bonchev–Trinajstić information content (AvgIpc) is 2.60. The number of carboxylic acids is 1. The lowest BCUT2D eigenvalue weighted by molar-refractivity contribution is -0.139. The lowest BCUT2D eigenvalue weighted by Crippen LogP contribution is -2.13. The van der Waals surface area contributed by atoms with Crippen LogP contribution in [0.4, 0.5) is 5.69 Å². The van der Waals surface area contributed by atoms with Gasteiger partial charge in [-0.3, -0.25) is 4.79 Å². The Bertz CT molecular complexity index is 930. The molecule has 0 unspecified atom stereocenters. The maximum Gasteiger partial charge on any atom is 0.341 e. The Kier molecular flexibility index (Phi) is 7.42. The topological polar surface area (TPSA) is 99.4 Å². The minimum atomic E-state index is -1.11. The van der Waals surface area contributed by atoms with Gasteiger partial charge in [-0.25, -0.2) is 4.79 Å². The second-order valence-corrected chi connectivity index (χ2v) is 7.27. The third-order valence-electron chi connectivity index (χ3n) is 3.14. The molecule has 0 saturated carbocycles. The largest absolute Gasteiger partial charge is 0.480 e. The lowest BCUT2D eigenvalue weighted by Gasteiger charge is -2.10. The second kappa shape index (κ2) is 9.55. The first-order chi connectivity index (χ1) is 12.8. The minimum Gasteiger partial charge on any atom is -0.480 e. The van der Waals surface area contributed by atoms with Crippen LogP contribution in [0.1, 0.15) is 5.56 Å². The Hall–Kier alpha value is -2.34. The predicted octanol–water partition coefficient (Wildman–Crippen LogP) is 4.87. The number of benzene rings is 2. The molecule has 0 spiro atoms. The van der Waals surface area contributed by atoms with Crippen molar-refractivity contribution >= 4 is 67.1 Å². The molecule has 9 heteroatoms. The van der Waals surface area contributed by atoms with Crippen LogP contribution in [-0.2, 0) is 9.59 Å². The molecule has 0 heterocycles. The number of aliphatic carboxylic acids is 1. The molecule has 0 aliphatic heterocycles. The number of carboxylic acid groups (broad SMARTS) is 1. The summed E-state index contributed by atoms with van der Waals surface area (Å²) in [6.07, 6.45) is 1.40. The first-order valence-corrected chi connectivity index (χ1v) is 9.29. The van der Waals surface area contributed by atoms with Crippen molar-refractivity contribution in [1.29, 1.82) is 5.26 Å². The van der Waals surface area contributed by atoms with Crippen molar-refractivity contribution in [2.45, 2.75) is 0 Å². The van der Waals surface area contributed by atoms with Crippen LogP contribution in [0.2, 0.25) is 5.02 Å². The molecular weight excluding hydrogens is 503 g/mol. The number of hydrogen-bond acceptors (Lipinski definition) is 4. The van der Waals surface area contributed by atoms with Gasteiger partial charge in [-0.2, -0.15) is 5.26 Å². The minimum absolute atomic E-state index is 0.108. The van der Waals surface area contributed by atoms with E-state index in [9.17, 15) is 14.9 Å². The van der Waals surface area contributed by atoms with Gasteiger partial charge in [-0.15, -0.1) is 0 Å². The molecule has 2 N–H and O–H groups in total. The average molecular weight is 515 g/mol. The van der Waals surface area contributed by atoms with Crippen LogP contribution in [0.5, 0.6) is 5.75 Å². The van der Waals surface area contributed by atoms with E-state index in [0.717, 1.165) is 0 Å². The molecule has 0 radical (unpaired) electrons. The fraction of sp³-hybridized carbons (Fsp3) is 0.0556. The molecule has 2 rings (SSSR count). The van der Waals surface area contributed by atoms with Crippen molar-refractivity contribution in [3.05, 3.63) is 61.5 Å². The van der Waals surface area contributed by atoms with Gasteiger partial charge in [-0.1, -0.05) is 11.6 Å². The van der Waals surface area contributed by atoms with Crippen molar-refractivity contribution in [2.24, 2.45) is 0 Å². The SMILES string of the molecule is N#C/C(=C/c1cc(Br)c(OCC(=O)O)c(Br)c1)C(=O)Nc1ccc(Cl)cc1. The highest BCUT2D eigenvalue weighted by Crippen LogP contribution is 2.35. The van der Waals surface area contributed by atoms with Crippen molar-refractivity contribution in [3.8, 4) is 11.8 Å². The molecule has 6 nitrogen and oxygen atoms in total. The third kappa shape index (κ3) is 6.10. The highest BCUT2D eigenvalue weighted by Gasteiger charge is 2.13. The summed E-state index contributed by atoms with van der Waals surface area (Å²) in [5.41, 5.74) is 0.938. The number of carbonyl (C=O) groups excluding carboxylic acids is 1. The number of anilines is 1. The van der Waals surface area contributed by atoms with Crippen LogP contribution in [-0.4, -0.2) is 23.6 Å². The number of carbonyl (C=O) groups is 2. The van der Waals surface area contributed by atoms with E-state index in [1.54, 1.807) is 36.4 Å². The fourth-order valence-corrected chi connectivity index (χ4v) is 3.56. The molecule has 2 aromatic carbocycles. The number of amides is 1. The summed E-state index contributed by atoms with van der Waals surface area (Å²) in [5.74, 6) is -1.37. The van der Waals surface area contributed by atoms with E-state index >= 15 is 0 Å². The second-order valence-electron chi connectivity index (χ2n) is 5.13. The smallest absolute Gasteiger partial charge is 0.341 e. The molecule has 27 heavy (non-hydrogen) atoms. The normalized spacial score (nSPS) is 10.8. The summed E-state index contributed by atoms with van der Waals surface area (Å²) in [4.78, 5) is 22.9. The van der Waals surface area contributed by atoms with E-state index in [2.05, 4.69) is 37.2 Å². The van der Waals surface area contributed by atoms with Gasteiger partial charge in [0.1, 0.15) is 17.4 Å². The van der Waals surface area contributed by atoms with E-state index in [-0.39, 0.29) is 5.57 Å². The van der Waals surface area contributed by atoms with Crippen molar-refractivity contribution in [1.82, 2.24) is 0 Å². The molecule has 0 atom stereocenters. The van der Waals surface area contributed by atoms with Gasteiger partial charge in [0.2, 0.25) is 0 Å². The quantitative estimate of drug-likeness (QED) is 0.423. The highest BCUT2D eigenvalue weighted by molar-refractivity contribution is 9.11. The molecule has 0 aromatic heterocycles. The van der Waals surface area contributed by atoms with Gasteiger partial charge in [0, 0.05) is 10.7 Å². The molecule has 138 valence electrons. The van der Waals surface area contributed by atoms with Gasteiger partial charge in [0.05, 0.1) is 8.95 Å². The Morgan fingerprint density at radius 2 is 1.81 bits per heavy atom. The molecule has 0 saturated heterocycles. The van der Waals surface area contributed by atoms with Crippen molar-refractivity contribution in [2.75, 3.05) is 11.9 Å². The molecule has 0 aliphatic carbocycles. The number of nitriles is 1. The van der Waals surface area contributed by atoms with Gasteiger partial charge in [-0.05, 0) is 79.9 Å². The monoisotopic (exact) mass is 512 g/mol. The summed E-state index contributed by atoms with van der Waals surface area (Å²) >= 11 is 12.4. The van der Waals surface area contributed by atoms with Crippen LogP contribution in [0.15, 0.2) is 50.9 Å². The highest BCUT2D eigenvalue weighted by atomic mass is 79.9. The van der Waals surface area contributed by atoms with Crippen molar-refractivity contribution < 1.29 is 19.4 Å². The molecular formula is C18H11Br2ClN2O4. The standard InChI is InChI=1S/C18H11Br2ClN2O4/c19-14-6-10(7-15(20)17(14)27-9-16(24)25)5-11(8-22)18(26)23-13-3-1-12(21)2-4-13/h1-7H,9H2,(H,23,26)(H,24,25)/b11-5-. The zero-order valence-corrected chi connectivity index (χ0v) is 17.4. The molecule has 0 bridgehead atoms. The van der Waals surface area contributed by atoms with Crippen molar-refractivity contribution in [3.63, 3.8) is 0 Å². The van der Waals surface area contributed by atoms with Gasteiger partial charge in [0.15, 0.2) is 6.61 Å². The number of rotatable bonds is 6. The summed E-state index contributed by atoms with van der Waals surface area (Å²) in [6, 6.07) is 11.6. The third-order valence-corrected chi connectivity index (χ3v) is 4.57. The molecule has 0 aliphatic rings. The Morgan fingerprint density at radius 1 is 1.22 bits per heavy atom. The van der Waals surface area contributed by atoms with Crippen LogP contribution < -0.4 is 10.1 Å². The first kappa shape index (κ1) is 21.0. The van der Waals surface area contributed by atoms with Gasteiger partial charge < -0.3 is 15.2 Å². The van der Waals surface area contributed by atoms with E-state index in [0.29, 0.717) is 31.0 Å². The number of nitrogens with one attached hydrogen (secondary N) is 1. The summed E-state index contributed by atoms with van der Waals surface area (Å²) in [7, 11) is 0. The number of ether oxygens (including phenoxy) is 1. The van der Waals surface area contributed by atoms with E-state index in [4.69, 9.17) is 21.4 Å². The fourth-order valence-electron chi connectivity index (χ4n) is 1.98.